The molecular formula is C32H39N3O3S2. The van der Waals surface area contributed by atoms with E-state index in [9.17, 15) is 9.59 Å². The number of benzene rings is 3. The monoisotopic (exact) mass is 577 g/mol. The fourth-order valence-corrected chi connectivity index (χ4v) is 6.91. The minimum atomic E-state index is -0.0131. The zero-order chi connectivity index (χ0) is 28.3. The van der Waals surface area contributed by atoms with Crippen LogP contribution in [0.5, 0.6) is 5.75 Å². The number of hydrogen-bond donors (Lipinski definition) is 3. The molecule has 3 aromatic rings. The largest absolute Gasteiger partial charge is 0.497 e. The van der Waals surface area contributed by atoms with Gasteiger partial charge < -0.3 is 15.4 Å². The molecule has 0 aromatic heterocycles. The average Bonchev–Trinajstić information content (AvgIpc) is 3.00. The molecule has 6 nitrogen and oxygen atoms in total. The van der Waals surface area contributed by atoms with Crippen LogP contribution in [0.3, 0.4) is 0 Å². The van der Waals surface area contributed by atoms with Crippen molar-refractivity contribution in [2.45, 2.75) is 52.0 Å². The number of rotatable bonds is 13. The van der Waals surface area contributed by atoms with Crippen LogP contribution in [0.4, 0.5) is 11.4 Å². The van der Waals surface area contributed by atoms with Gasteiger partial charge in [0.25, 0.3) is 0 Å². The molecule has 3 aromatic carbocycles. The molecule has 0 radical (unpaired) electrons. The Morgan fingerprint density at radius 2 is 1.77 bits per heavy atom. The van der Waals surface area contributed by atoms with Crippen LogP contribution >= 0.6 is 23.7 Å². The van der Waals surface area contributed by atoms with Crippen molar-refractivity contribution in [2.75, 3.05) is 30.0 Å². The molecule has 1 aliphatic carbocycles. The first-order valence-electron chi connectivity index (χ1n) is 14.0. The number of anilines is 2. The van der Waals surface area contributed by atoms with Crippen LogP contribution in [0.1, 0.15) is 55.5 Å². The molecule has 0 spiro atoms. The summed E-state index contributed by atoms with van der Waals surface area (Å²) in [5.41, 5.74) is 3.43. The molecule has 8 heteroatoms. The molecule has 212 valence electrons. The maximum atomic E-state index is 13.3. The predicted molar refractivity (Wildman–Crippen MR) is 172 cm³/mol. The quantitative estimate of drug-likeness (QED) is 0.142. The molecular weight excluding hydrogens is 539 g/mol. The topological polar surface area (TPSA) is 79.5 Å². The first-order chi connectivity index (χ1) is 19.6. The van der Waals surface area contributed by atoms with Crippen molar-refractivity contribution in [3.05, 3.63) is 76.0 Å². The Balaban J connectivity index is 1.39. The van der Waals surface area contributed by atoms with E-state index >= 15 is 0 Å². The van der Waals surface area contributed by atoms with E-state index in [2.05, 4.69) is 47.4 Å². The molecule has 1 saturated carbocycles. The van der Waals surface area contributed by atoms with Gasteiger partial charge in [-0.05, 0) is 86.6 Å². The van der Waals surface area contributed by atoms with E-state index in [-0.39, 0.29) is 11.8 Å². The Kier molecular flexibility index (Phi) is 11.4. The molecule has 4 rings (SSSR count). The van der Waals surface area contributed by atoms with Crippen LogP contribution in [0, 0.1) is 5.92 Å². The minimum Gasteiger partial charge on any atom is -0.497 e. The van der Waals surface area contributed by atoms with Crippen molar-refractivity contribution in [1.29, 1.82) is 0 Å². The van der Waals surface area contributed by atoms with E-state index in [1.54, 1.807) is 19.1 Å². The Labute approximate surface area is 246 Å². The van der Waals surface area contributed by atoms with Crippen molar-refractivity contribution < 1.29 is 14.3 Å². The predicted octanol–water partition coefficient (Wildman–Crippen LogP) is 7.67. The Hall–Kier alpha value is -2.94. The number of carbonyl (C=O) groups excluding carboxylic acids is 2. The molecule has 1 amide bonds. The van der Waals surface area contributed by atoms with Crippen LogP contribution in [0.2, 0.25) is 0 Å². The Bertz CT molecular complexity index is 1320. The second kappa shape index (κ2) is 15.2. The van der Waals surface area contributed by atoms with Crippen molar-refractivity contribution in [3.63, 3.8) is 0 Å². The lowest BCUT2D eigenvalue weighted by molar-refractivity contribution is -0.120. The third-order valence-electron chi connectivity index (χ3n) is 7.29. The molecule has 0 atom stereocenters. The summed E-state index contributed by atoms with van der Waals surface area (Å²) in [4.78, 5) is 25.2. The molecule has 0 heterocycles. The highest BCUT2D eigenvalue weighted by molar-refractivity contribution is 8.21. The zero-order valence-electron chi connectivity index (χ0n) is 23.5. The lowest BCUT2D eigenvalue weighted by atomic mass is 9.86. The van der Waals surface area contributed by atoms with Crippen LogP contribution in [0.25, 0.3) is 10.8 Å². The first kappa shape index (κ1) is 30.0. The number of hydrogen-bond acceptors (Lipinski definition) is 7. The highest BCUT2D eigenvalue weighted by Crippen LogP contribution is 2.34. The summed E-state index contributed by atoms with van der Waals surface area (Å²) in [6, 6.07) is 18.0. The van der Waals surface area contributed by atoms with Gasteiger partial charge in [-0.1, -0.05) is 43.3 Å². The van der Waals surface area contributed by atoms with Gasteiger partial charge in [-0.2, -0.15) is 0 Å². The number of carbonyl (C=O) groups is 2. The maximum absolute atomic E-state index is 13.3. The molecule has 0 aliphatic heterocycles. The fourth-order valence-electron chi connectivity index (χ4n) is 5.09. The SMILES string of the molecule is C/C=C(\SCC)SN[C@H]1CC[C@H](C(=O)Nc2ccc(NCCc3ccc(OC)cc3)c3c(C=O)cccc23)CC1. The number of thioether (sulfide) groups is 1. The number of amides is 1. The summed E-state index contributed by atoms with van der Waals surface area (Å²) in [6.45, 7) is 4.94. The highest BCUT2D eigenvalue weighted by Gasteiger charge is 2.27. The van der Waals surface area contributed by atoms with Gasteiger partial charge >= 0.3 is 0 Å². The highest BCUT2D eigenvalue weighted by atomic mass is 32.2. The molecule has 1 fully saturated rings. The second-order valence-corrected chi connectivity index (χ2v) is 12.3. The van der Waals surface area contributed by atoms with Crippen molar-refractivity contribution in [1.82, 2.24) is 4.72 Å². The number of fused-ring (bicyclic) bond motifs is 1. The summed E-state index contributed by atoms with van der Waals surface area (Å²) in [7, 11) is 1.66. The maximum Gasteiger partial charge on any atom is 0.227 e. The smallest absolute Gasteiger partial charge is 0.227 e. The summed E-state index contributed by atoms with van der Waals surface area (Å²) in [5, 5.41) is 8.39. The molecule has 40 heavy (non-hydrogen) atoms. The summed E-state index contributed by atoms with van der Waals surface area (Å²) in [6.07, 6.45) is 7.53. The van der Waals surface area contributed by atoms with Gasteiger partial charge in [-0.15, -0.1) is 11.8 Å². The third-order valence-corrected chi connectivity index (χ3v) is 9.59. The van der Waals surface area contributed by atoms with E-state index < -0.39 is 0 Å². The van der Waals surface area contributed by atoms with Crippen molar-refractivity contribution >= 4 is 58.1 Å². The molecule has 3 N–H and O–H groups in total. The van der Waals surface area contributed by atoms with Crippen LogP contribution in [0.15, 0.2) is 64.9 Å². The van der Waals surface area contributed by atoms with Crippen LogP contribution < -0.4 is 20.1 Å². The van der Waals surface area contributed by atoms with Gasteiger partial charge in [0.1, 0.15) is 5.75 Å². The van der Waals surface area contributed by atoms with Gasteiger partial charge in [-0.3, -0.25) is 14.3 Å². The minimum absolute atomic E-state index is 0.0131. The average molecular weight is 578 g/mol. The number of aldehydes is 1. The van der Waals surface area contributed by atoms with Crippen LogP contribution in [-0.2, 0) is 11.2 Å². The molecule has 0 bridgehead atoms. The van der Waals surface area contributed by atoms with Gasteiger partial charge in [0.05, 0.1) is 11.3 Å². The van der Waals surface area contributed by atoms with Gasteiger partial charge in [0, 0.05) is 46.2 Å². The number of nitrogens with one attached hydrogen (secondary N) is 3. The first-order valence-corrected chi connectivity index (χ1v) is 15.8. The van der Waals surface area contributed by atoms with Crippen molar-refractivity contribution in [2.24, 2.45) is 5.92 Å². The van der Waals surface area contributed by atoms with Gasteiger partial charge in [0.2, 0.25) is 5.91 Å². The normalized spacial score (nSPS) is 17.4. The van der Waals surface area contributed by atoms with E-state index in [0.29, 0.717) is 18.2 Å². The Morgan fingerprint density at radius 3 is 2.45 bits per heavy atom. The number of ether oxygens (including phenoxy) is 1. The number of allylic oxidation sites excluding steroid dienone is 1. The van der Waals surface area contributed by atoms with Gasteiger partial charge in [0.15, 0.2) is 6.29 Å². The molecule has 0 unspecified atom stereocenters. The van der Waals surface area contributed by atoms with Gasteiger partial charge in [-0.25, -0.2) is 0 Å². The number of methoxy groups -OCH3 is 1. The molecule has 1 aliphatic rings. The second-order valence-electron chi connectivity index (χ2n) is 9.87. The molecule has 0 saturated heterocycles. The van der Waals surface area contributed by atoms with Crippen LogP contribution in [-0.4, -0.2) is 37.6 Å². The zero-order valence-corrected chi connectivity index (χ0v) is 25.1. The summed E-state index contributed by atoms with van der Waals surface area (Å²) in [5.74, 6) is 1.94. The lowest BCUT2D eigenvalue weighted by Crippen LogP contribution is -2.33. The Morgan fingerprint density at radius 1 is 1.02 bits per heavy atom. The summed E-state index contributed by atoms with van der Waals surface area (Å²) < 4.78 is 10.1. The lowest BCUT2D eigenvalue weighted by Gasteiger charge is -2.28. The summed E-state index contributed by atoms with van der Waals surface area (Å²) >= 11 is 3.56. The third kappa shape index (κ3) is 7.83. The van der Waals surface area contributed by atoms with E-state index in [1.807, 2.05) is 54.2 Å². The van der Waals surface area contributed by atoms with E-state index in [0.717, 1.165) is 72.0 Å². The standard InChI is InChI=1S/C32H39N3O3S2/c1-4-30(39-5-2)40-35-25-13-11-23(12-14-25)32(37)34-28-17-18-29(31-24(21-36)7-6-8-27(28)31)33-20-19-22-9-15-26(38-3)16-10-22/h4,6-10,15-18,21,23,25,33,35H,5,11-14,19-20H2,1-3H3,(H,34,37)/b30-4+/t23-,25-. The van der Waals surface area contributed by atoms with E-state index in [4.69, 9.17) is 4.74 Å². The fraction of sp³-hybridized carbons (Fsp3) is 0.375. The van der Waals surface area contributed by atoms with Crippen molar-refractivity contribution in [3.8, 4) is 5.75 Å². The van der Waals surface area contributed by atoms with E-state index in [1.165, 1.54) is 9.80 Å².